The van der Waals surface area contributed by atoms with Gasteiger partial charge >= 0.3 is 0 Å². The zero-order valence-electron chi connectivity index (χ0n) is 8.83. The summed E-state index contributed by atoms with van der Waals surface area (Å²) in [5.74, 6) is -0.389. The van der Waals surface area contributed by atoms with Gasteiger partial charge in [-0.3, -0.25) is 0 Å². The SMILES string of the molecule is NCC(OCCCO)c1ccc(F)cc1Cl. The van der Waals surface area contributed by atoms with Gasteiger partial charge in [0.15, 0.2) is 0 Å². The third kappa shape index (κ3) is 3.72. The average Bonchev–Trinajstić information content (AvgIpc) is 2.26. The third-order valence-corrected chi connectivity index (χ3v) is 2.47. The van der Waals surface area contributed by atoms with Gasteiger partial charge in [0.05, 0.1) is 6.10 Å². The number of nitrogens with two attached hydrogens (primary N) is 1. The summed E-state index contributed by atoms with van der Waals surface area (Å²) in [6.07, 6.45) is 0.176. The van der Waals surface area contributed by atoms with Crippen LogP contribution >= 0.6 is 11.6 Å². The summed E-state index contributed by atoms with van der Waals surface area (Å²) in [7, 11) is 0. The first-order chi connectivity index (χ1) is 7.69. The maximum atomic E-state index is 12.8. The van der Waals surface area contributed by atoms with E-state index in [9.17, 15) is 4.39 Å². The second-order valence-electron chi connectivity index (χ2n) is 3.34. The molecule has 1 atom stereocenters. The van der Waals surface area contributed by atoms with Crippen molar-refractivity contribution in [1.29, 1.82) is 0 Å². The van der Waals surface area contributed by atoms with Gasteiger partial charge in [-0.25, -0.2) is 4.39 Å². The highest BCUT2D eigenvalue weighted by atomic mass is 35.5. The van der Waals surface area contributed by atoms with Gasteiger partial charge in [0, 0.05) is 30.3 Å². The van der Waals surface area contributed by atoms with Crippen LogP contribution in [0.3, 0.4) is 0 Å². The van der Waals surface area contributed by atoms with E-state index in [1.165, 1.54) is 12.1 Å². The lowest BCUT2D eigenvalue weighted by molar-refractivity contribution is 0.0489. The second-order valence-corrected chi connectivity index (χ2v) is 3.75. The van der Waals surface area contributed by atoms with Crippen LogP contribution in [0.5, 0.6) is 0 Å². The molecule has 0 aliphatic carbocycles. The van der Waals surface area contributed by atoms with Crippen LogP contribution < -0.4 is 5.73 Å². The molecule has 0 aliphatic heterocycles. The minimum Gasteiger partial charge on any atom is -0.396 e. The summed E-state index contributed by atoms with van der Waals surface area (Å²) < 4.78 is 18.3. The number of hydrogen-bond donors (Lipinski definition) is 2. The molecule has 0 aromatic heterocycles. The maximum absolute atomic E-state index is 12.8. The van der Waals surface area contributed by atoms with E-state index in [4.69, 9.17) is 27.2 Å². The Labute approximate surface area is 99.0 Å². The zero-order valence-corrected chi connectivity index (χ0v) is 9.58. The highest BCUT2D eigenvalue weighted by Crippen LogP contribution is 2.25. The van der Waals surface area contributed by atoms with Gasteiger partial charge in [-0.05, 0) is 18.6 Å². The minimum absolute atomic E-state index is 0.0639. The molecule has 1 aromatic rings. The van der Waals surface area contributed by atoms with E-state index >= 15 is 0 Å². The lowest BCUT2D eigenvalue weighted by atomic mass is 10.1. The summed E-state index contributed by atoms with van der Waals surface area (Å²) in [6, 6.07) is 4.11. The van der Waals surface area contributed by atoms with Crippen LogP contribution in [-0.2, 0) is 4.74 Å². The predicted molar refractivity (Wildman–Crippen MR) is 60.9 cm³/mol. The fourth-order valence-corrected chi connectivity index (χ4v) is 1.63. The number of aliphatic hydroxyl groups is 1. The number of rotatable bonds is 6. The molecule has 3 N–H and O–H groups in total. The van der Waals surface area contributed by atoms with Gasteiger partial charge in [0.25, 0.3) is 0 Å². The van der Waals surface area contributed by atoms with Crippen LogP contribution in [0.15, 0.2) is 18.2 Å². The van der Waals surface area contributed by atoms with Crippen molar-refractivity contribution in [2.24, 2.45) is 5.73 Å². The molecule has 0 heterocycles. The zero-order chi connectivity index (χ0) is 12.0. The molecule has 90 valence electrons. The Bertz CT molecular complexity index is 336. The van der Waals surface area contributed by atoms with Gasteiger partial charge in [0.1, 0.15) is 5.82 Å². The second kappa shape index (κ2) is 6.81. The Kier molecular flexibility index (Phi) is 5.69. The number of benzene rings is 1. The van der Waals surface area contributed by atoms with E-state index in [1.807, 2.05) is 0 Å². The van der Waals surface area contributed by atoms with E-state index < -0.39 is 0 Å². The molecule has 1 unspecified atom stereocenters. The van der Waals surface area contributed by atoms with Gasteiger partial charge < -0.3 is 15.6 Å². The molecule has 0 aliphatic rings. The maximum Gasteiger partial charge on any atom is 0.124 e. The quantitative estimate of drug-likeness (QED) is 0.755. The largest absolute Gasteiger partial charge is 0.396 e. The van der Waals surface area contributed by atoms with E-state index in [0.717, 1.165) is 0 Å². The van der Waals surface area contributed by atoms with Crippen molar-refractivity contribution in [3.8, 4) is 0 Å². The highest BCUT2D eigenvalue weighted by Gasteiger charge is 2.14. The Balaban J connectivity index is 2.70. The van der Waals surface area contributed by atoms with Gasteiger partial charge in [-0.1, -0.05) is 17.7 Å². The van der Waals surface area contributed by atoms with Crippen molar-refractivity contribution in [2.75, 3.05) is 19.8 Å². The van der Waals surface area contributed by atoms with Crippen LogP contribution in [0.2, 0.25) is 5.02 Å². The molecule has 1 aromatic carbocycles. The Hall–Kier alpha value is -0.680. The first-order valence-corrected chi connectivity index (χ1v) is 5.44. The summed E-state index contributed by atoms with van der Waals surface area (Å²) in [5, 5.41) is 8.93. The lowest BCUT2D eigenvalue weighted by Crippen LogP contribution is -2.17. The van der Waals surface area contributed by atoms with E-state index in [-0.39, 0.29) is 25.1 Å². The molecule has 0 radical (unpaired) electrons. The number of hydrogen-bond acceptors (Lipinski definition) is 3. The van der Waals surface area contributed by atoms with Crippen LogP contribution in [0.4, 0.5) is 4.39 Å². The van der Waals surface area contributed by atoms with Crippen molar-refractivity contribution in [3.05, 3.63) is 34.6 Å². The van der Waals surface area contributed by atoms with Crippen molar-refractivity contribution >= 4 is 11.6 Å². The third-order valence-electron chi connectivity index (χ3n) is 2.14. The van der Waals surface area contributed by atoms with Gasteiger partial charge in [-0.2, -0.15) is 0 Å². The van der Waals surface area contributed by atoms with Crippen molar-refractivity contribution in [2.45, 2.75) is 12.5 Å². The molecular weight excluding hydrogens is 233 g/mol. The van der Waals surface area contributed by atoms with Crippen LogP contribution in [-0.4, -0.2) is 24.9 Å². The number of aliphatic hydroxyl groups excluding tert-OH is 1. The van der Waals surface area contributed by atoms with Gasteiger partial charge in [0.2, 0.25) is 0 Å². The molecule has 5 heteroatoms. The fourth-order valence-electron chi connectivity index (χ4n) is 1.34. The van der Waals surface area contributed by atoms with E-state index in [0.29, 0.717) is 23.6 Å². The average molecular weight is 248 g/mol. The molecule has 0 spiro atoms. The summed E-state index contributed by atoms with van der Waals surface area (Å²) in [6.45, 7) is 0.720. The van der Waals surface area contributed by atoms with Crippen molar-refractivity contribution < 1.29 is 14.2 Å². The summed E-state index contributed by atoms with van der Waals surface area (Å²) in [4.78, 5) is 0. The molecule has 0 fully saturated rings. The molecule has 0 saturated heterocycles. The monoisotopic (exact) mass is 247 g/mol. The fraction of sp³-hybridized carbons (Fsp3) is 0.455. The molecule has 0 amide bonds. The molecule has 0 saturated carbocycles. The number of ether oxygens (including phenoxy) is 1. The molecule has 1 rings (SSSR count). The first kappa shape index (κ1) is 13.4. The highest BCUT2D eigenvalue weighted by molar-refractivity contribution is 6.31. The van der Waals surface area contributed by atoms with Crippen molar-refractivity contribution in [1.82, 2.24) is 0 Å². The molecule has 0 bridgehead atoms. The summed E-state index contributed by atoms with van der Waals surface area (Å²) >= 11 is 5.89. The first-order valence-electron chi connectivity index (χ1n) is 5.06. The standard InChI is InChI=1S/C11H15ClFNO2/c12-10-6-8(13)2-3-9(10)11(7-14)16-5-1-4-15/h2-3,6,11,15H,1,4-5,7,14H2. The van der Waals surface area contributed by atoms with E-state index in [1.54, 1.807) is 6.07 Å². The number of halogens is 2. The van der Waals surface area contributed by atoms with Crippen LogP contribution in [0.1, 0.15) is 18.1 Å². The minimum atomic E-state index is -0.389. The molecule has 3 nitrogen and oxygen atoms in total. The molecule has 16 heavy (non-hydrogen) atoms. The normalized spacial score (nSPS) is 12.8. The summed E-state index contributed by atoms with van der Waals surface area (Å²) in [5.41, 5.74) is 6.22. The smallest absolute Gasteiger partial charge is 0.124 e. The van der Waals surface area contributed by atoms with Crippen LogP contribution in [0, 0.1) is 5.82 Å². The topological polar surface area (TPSA) is 55.5 Å². The van der Waals surface area contributed by atoms with Gasteiger partial charge in [-0.15, -0.1) is 0 Å². The Morgan fingerprint density at radius 2 is 2.25 bits per heavy atom. The molecular formula is C11H15ClFNO2. The lowest BCUT2D eigenvalue weighted by Gasteiger charge is -2.17. The Morgan fingerprint density at radius 1 is 1.50 bits per heavy atom. The van der Waals surface area contributed by atoms with Crippen molar-refractivity contribution in [3.63, 3.8) is 0 Å². The Morgan fingerprint density at radius 3 is 2.81 bits per heavy atom. The predicted octanol–water partition coefficient (Wildman–Crippen LogP) is 1.88. The van der Waals surface area contributed by atoms with E-state index in [2.05, 4.69) is 0 Å². The van der Waals surface area contributed by atoms with Crippen LogP contribution in [0.25, 0.3) is 0 Å².